The van der Waals surface area contributed by atoms with E-state index < -0.39 is 0 Å². The lowest BCUT2D eigenvalue weighted by Gasteiger charge is -2.08. The number of aryl methyl sites for hydroxylation is 1. The van der Waals surface area contributed by atoms with Crippen LogP contribution in [0.2, 0.25) is 0 Å². The first-order valence-corrected chi connectivity index (χ1v) is 9.74. The van der Waals surface area contributed by atoms with Crippen LogP contribution in [-0.4, -0.2) is 54.2 Å². The molecule has 0 aliphatic carbocycles. The summed E-state index contributed by atoms with van der Waals surface area (Å²) in [5.41, 5.74) is 3.55. The summed E-state index contributed by atoms with van der Waals surface area (Å²) in [6.07, 6.45) is 0. The van der Waals surface area contributed by atoms with Crippen molar-refractivity contribution in [1.29, 1.82) is 0 Å². The minimum absolute atomic E-state index is 0.00481. The molecule has 1 heterocycles. The van der Waals surface area contributed by atoms with E-state index in [2.05, 4.69) is 15.4 Å². The molecule has 0 unspecified atom stereocenters. The average molecular weight is 410 g/mol. The lowest BCUT2D eigenvalue weighted by Crippen LogP contribution is -2.17. The van der Waals surface area contributed by atoms with Crippen LogP contribution in [0.5, 0.6) is 6.01 Å². The summed E-state index contributed by atoms with van der Waals surface area (Å²) in [6.45, 7) is 5.45. The van der Waals surface area contributed by atoms with E-state index in [1.165, 1.54) is 7.11 Å². The van der Waals surface area contributed by atoms with Crippen molar-refractivity contribution in [1.82, 2.24) is 14.8 Å². The molecular formula is C22H26N4O4. The molecule has 0 saturated heterocycles. The Morgan fingerprint density at radius 1 is 1.07 bits per heavy atom. The molecule has 0 spiro atoms. The number of anilines is 1. The number of carbonyl (C=O) groups excluding carboxylic acids is 1. The van der Waals surface area contributed by atoms with E-state index in [-0.39, 0.29) is 18.5 Å². The second-order valence-corrected chi connectivity index (χ2v) is 6.57. The first-order valence-electron chi connectivity index (χ1n) is 9.74. The van der Waals surface area contributed by atoms with Crippen molar-refractivity contribution in [2.24, 2.45) is 0 Å². The van der Waals surface area contributed by atoms with Gasteiger partial charge < -0.3 is 19.5 Å². The maximum Gasteiger partial charge on any atom is 0.336 e. The molecule has 0 atom stereocenters. The van der Waals surface area contributed by atoms with Crippen LogP contribution in [0.3, 0.4) is 0 Å². The molecule has 0 aliphatic rings. The van der Waals surface area contributed by atoms with Crippen molar-refractivity contribution in [3.8, 4) is 23.1 Å². The van der Waals surface area contributed by atoms with Crippen LogP contribution in [0.4, 0.5) is 5.69 Å². The Morgan fingerprint density at radius 2 is 1.80 bits per heavy atom. The highest BCUT2D eigenvalue weighted by molar-refractivity contribution is 5.91. The van der Waals surface area contributed by atoms with E-state index in [0.29, 0.717) is 31.3 Å². The smallest absolute Gasteiger partial charge is 0.336 e. The molecule has 158 valence electrons. The molecule has 0 fully saturated rings. The number of methoxy groups -OCH3 is 1. The molecule has 3 aromatic rings. The number of aromatic nitrogens is 3. The number of ether oxygens (including phenoxy) is 3. The molecule has 0 bridgehead atoms. The van der Waals surface area contributed by atoms with Crippen molar-refractivity contribution in [2.75, 3.05) is 38.9 Å². The molecule has 30 heavy (non-hydrogen) atoms. The van der Waals surface area contributed by atoms with Crippen molar-refractivity contribution < 1.29 is 19.0 Å². The van der Waals surface area contributed by atoms with Gasteiger partial charge in [-0.2, -0.15) is 4.98 Å². The quantitative estimate of drug-likeness (QED) is 0.516. The highest BCUT2D eigenvalue weighted by Gasteiger charge is 2.15. The van der Waals surface area contributed by atoms with Gasteiger partial charge in [-0.25, -0.2) is 4.68 Å². The average Bonchev–Trinajstić information content (AvgIpc) is 3.17. The number of nitrogens with zero attached hydrogens (tertiary/aromatic N) is 3. The second-order valence-electron chi connectivity index (χ2n) is 6.57. The van der Waals surface area contributed by atoms with E-state index in [9.17, 15) is 4.79 Å². The van der Waals surface area contributed by atoms with Crippen molar-refractivity contribution in [3.63, 3.8) is 0 Å². The molecular weight excluding hydrogens is 384 g/mol. The van der Waals surface area contributed by atoms with E-state index in [1.54, 1.807) is 16.8 Å². The van der Waals surface area contributed by atoms with Gasteiger partial charge in [0.25, 0.3) is 0 Å². The number of amides is 1. The summed E-state index contributed by atoms with van der Waals surface area (Å²) in [5.74, 6) is 0.453. The molecule has 0 radical (unpaired) electrons. The Bertz CT molecular complexity index is 952. The van der Waals surface area contributed by atoms with Gasteiger partial charge in [-0.15, -0.1) is 5.10 Å². The van der Waals surface area contributed by atoms with Crippen molar-refractivity contribution in [2.45, 2.75) is 13.8 Å². The third kappa shape index (κ3) is 5.65. The first kappa shape index (κ1) is 21.5. The molecule has 1 aromatic heterocycles. The van der Waals surface area contributed by atoms with Crippen molar-refractivity contribution >= 4 is 11.6 Å². The predicted molar refractivity (Wildman–Crippen MR) is 114 cm³/mol. The minimum atomic E-state index is -0.212. The van der Waals surface area contributed by atoms with Crippen LogP contribution >= 0.6 is 0 Å². The zero-order chi connectivity index (χ0) is 21.3. The van der Waals surface area contributed by atoms with Gasteiger partial charge >= 0.3 is 6.01 Å². The zero-order valence-corrected chi connectivity index (χ0v) is 17.4. The fourth-order valence-electron chi connectivity index (χ4n) is 2.77. The van der Waals surface area contributed by atoms with Crippen LogP contribution in [0.1, 0.15) is 12.5 Å². The summed E-state index contributed by atoms with van der Waals surface area (Å²) in [7, 11) is 1.48. The van der Waals surface area contributed by atoms with E-state index >= 15 is 0 Å². The van der Waals surface area contributed by atoms with E-state index in [1.807, 2.05) is 50.2 Å². The molecule has 8 heteroatoms. The monoisotopic (exact) mass is 410 g/mol. The Kier molecular flexibility index (Phi) is 7.53. The maximum absolute atomic E-state index is 11.7. The summed E-state index contributed by atoms with van der Waals surface area (Å²) >= 11 is 0. The highest BCUT2D eigenvalue weighted by atomic mass is 16.5. The second kappa shape index (κ2) is 10.5. The van der Waals surface area contributed by atoms with Gasteiger partial charge in [0.2, 0.25) is 5.91 Å². The largest absolute Gasteiger partial charge is 0.460 e. The first-order chi connectivity index (χ1) is 14.6. The molecule has 0 saturated carbocycles. The fourth-order valence-corrected chi connectivity index (χ4v) is 2.77. The Balaban J connectivity index is 1.86. The maximum atomic E-state index is 11.7. The topological polar surface area (TPSA) is 87.5 Å². The van der Waals surface area contributed by atoms with E-state index in [4.69, 9.17) is 14.2 Å². The molecule has 1 amide bonds. The molecule has 1 N–H and O–H groups in total. The SMILES string of the molecule is CCOCCOc1nc(-c2ccc(C)cc2)n(-c2ccc(NC(=O)COC)cc2)n1. The minimum Gasteiger partial charge on any atom is -0.460 e. The number of rotatable bonds is 10. The van der Waals surface area contributed by atoms with Crippen LogP contribution in [0, 0.1) is 6.92 Å². The molecule has 0 aliphatic heterocycles. The molecule has 8 nitrogen and oxygen atoms in total. The predicted octanol–water partition coefficient (Wildman–Crippen LogP) is 3.24. The van der Waals surface area contributed by atoms with Crippen LogP contribution in [0.25, 0.3) is 17.1 Å². The highest BCUT2D eigenvalue weighted by Crippen LogP contribution is 2.24. The summed E-state index contributed by atoms with van der Waals surface area (Å²) in [5, 5.41) is 7.29. The van der Waals surface area contributed by atoms with Crippen LogP contribution in [0.15, 0.2) is 48.5 Å². The fraction of sp³-hybridized carbons (Fsp3) is 0.318. The van der Waals surface area contributed by atoms with Crippen LogP contribution < -0.4 is 10.1 Å². The number of nitrogens with one attached hydrogen (secondary N) is 1. The van der Waals surface area contributed by atoms with Crippen molar-refractivity contribution in [3.05, 3.63) is 54.1 Å². The van der Waals surface area contributed by atoms with Gasteiger partial charge in [0, 0.05) is 25.0 Å². The van der Waals surface area contributed by atoms with Gasteiger partial charge in [0.15, 0.2) is 5.82 Å². The normalized spacial score (nSPS) is 10.8. The van der Waals surface area contributed by atoms with Gasteiger partial charge in [-0.3, -0.25) is 4.79 Å². The Morgan fingerprint density at radius 3 is 2.47 bits per heavy atom. The third-order valence-corrected chi connectivity index (χ3v) is 4.23. The summed E-state index contributed by atoms with van der Waals surface area (Å²) in [4.78, 5) is 16.3. The summed E-state index contributed by atoms with van der Waals surface area (Å²) in [6, 6.07) is 15.7. The lowest BCUT2D eigenvalue weighted by molar-refractivity contribution is -0.119. The number of carbonyl (C=O) groups is 1. The van der Waals surface area contributed by atoms with Gasteiger partial charge in [0.1, 0.15) is 13.2 Å². The molecule has 3 rings (SSSR count). The van der Waals surface area contributed by atoms with Crippen LogP contribution in [-0.2, 0) is 14.3 Å². The van der Waals surface area contributed by atoms with Gasteiger partial charge in [-0.05, 0) is 38.1 Å². The lowest BCUT2D eigenvalue weighted by atomic mass is 10.1. The van der Waals surface area contributed by atoms with Gasteiger partial charge in [-0.1, -0.05) is 29.8 Å². The number of benzene rings is 2. The van der Waals surface area contributed by atoms with E-state index in [0.717, 1.165) is 16.8 Å². The van der Waals surface area contributed by atoms with Gasteiger partial charge in [0.05, 0.1) is 12.3 Å². The summed E-state index contributed by atoms with van der Waals surface area (Å²) < 4.78 is 17.5. The zero-order valence-electron chi connectivity index (χ0n) is 17.4. The molecule has 2 aromatic carbocycles. The number of hydrogen-bond donors (Lipinski definition) is 1. The third-order valence-electron chi connectivity index (χ3n) is 4.23. The Hall–Kier alpha value is -3.23. The number of hydrogen-bond acceptors (Lipinski definition) is 6. The Labute approximate surface area is 175 Å². The standard InChI is InChI=1S/C22H26N4O4/c1-4-29-13-14-30-22-24-21(17-7-5-16(2)6-8-17)26(25-22)19-11-9-18(10-12-19)23-20(27)15-28-3/h5-12H,4,13-15H2,1-3H3,(H,23,27).